The van der Waals surface area contributed by atoms with Gasteiger partial charge in [-0.25, -0.2) is 9.97 Å². The first-order valence-electron chi connectivity index (χ1n) is 4.76. The monoisotopic (exact) mass is 184 g/mol. The molecule has 70 valence electrons. The average molecular weight is 184 g/mol. The topological polar surface area (TPSA) is 25.8 Å². The lowest BCUT2D eigenvalue weighted by atomic mass is 10.0. The molecule has 2 heteroatoms. The van der Waals surface area contributed by atoms with Gasteiger partial charge in [0.2, 0.25) is 0 Å². The SMILES string of the molecule is CCc1ncncc1-c1ccccc1. The second-order valence-corrected chi connectivity index (χ2v) is 3.10. The Bertz CT molecular complexity index is 410. The summed E-state index contributed by atoms with van der Waals surface area (Å²) in [6.45, 7) is 2.11. The highest BCUT2D eigenvalue weighted by Gasteiger charge is 2.03. The van der Waals surface area contributed by atoms with Gasteiger partial charge >= 0.3 is 0 Å². The molecule has 0 bridgehead atoms. The zero-order valence-corrected chi connectivity index (χ0v) is 8.14. The number of nitrogens with zero attached hydrogens (tertiary/aromatic N) is 2. The first kappa shape index (κ1) is 8.88. The molecule has 2 rings (SSSR count). The van der Waals surface area contributed by atoms with Crippen molar-refractivity contribution < 1.29 is 0 Å². The van der Waals surface area contributed by atoms with Crippen molar-refractivity contribution in [1.29, 1.82) is 0 Å². The van der Waals surface area contributed by atoms with Crippen molar-refractivity contribution in [3.05, 3.63) is 48.5 Å². The Morgan fingerprint density at radius 3 is 2.64 bits per heavy atom. The number of aryl methyl sites for hydroxylation is 1. The van der Waals surface area contributed by atoms with Crippen LogP contribution in [-0.4, -0.2) is 9.97 Å². The van der Waals surface area contributed by atoms with E-state index in [1.54, 1.807) is 6.33 Å². The predicted molar refractivity (Wildman–Crippen MR) is 56.8 cm³/mol. The van der Waals surface area contributed by atoms with Crippen molar-refractivity contribution in [3.63, 3.8) is 0 Å². The molecule has 0 aliphatic rings. The molecule has 2 aromatic rings. The maximum atomic E-state index is 4.26. The lowest BCUT2D eigenvalue weighted by molar-refractivity contribution is 1.00. The fourth-order valence-electron chi connectivity index (χ4n) is 1.50. The zero-order valence-electron chi connectivity index (χ0n) is 8.14. The first-order valence-corrected chi connectivity index (χ1v) is 4.76. The van der Waals surface area contributed by atoms with Crippen LogP contribution in [0.3, 0.4) is 0 Å². The van der Waals surface area contributed by atoms with Gasteiger partial charge in [-0.05, 0) is 12.0 Å². The minimum atomic E-state index is 0.937. The third kappa shape index (κ3) is 1.64. The van der Waals surface area contributed by atoms with Crippen LogP contribution in [0.5, 0.6) is 0 Å². The summed E-state index contributed by atoms with van der Waals surface area (Å²) in [5.41, 5.74) is 3.42. The summed E-state index contributed by atoms with van der Waals surface area (Å²) in [5, 5.41) is 0. The summed E-state index contributed by atoms with van der Waals surface area (Å²) in [6, 6.07) is 10.2. The van der Waals surface area contributed by atoms with Gasteiger partial charge in [0.25, 0.3) is 0 Å². The summed E-state index contributed by atoms with van der Waals surface area (Å²) in [5.74, 6) is 0. The average Bonchev–Trinajstić information content (AvgIpc) is 2.30. The molecule has 14 heavy (non-hydrogen) atoms. The Kier molecular flexibility index (Phi) is 2.54. The smallest absolute Gasteiger partial charge is 0.115 e. The molecule has 0 saturated heterocycles. The van der Waals surface area contributed by atoms with E-state index in [4.69, 9.17) is 0 Å². The molecule has 0 N–H and O–H groups in total. The molecule has 0 radical (unpaired) electrons. The fourth-order valence-corrected chi connectivity index (χ4v) is 1.50. The van der Waals surface area contributed by atoms with Crippen LogP contribution in [0, 0.1) is 0 Å². The molecule has 0 spiro atoms. The van der Waals surface area contributed by atoms with Gasteiger partial charge in [-0.15, -0.1) is 0 Å². The van der Waals surface area contributed by atoms with Crippen LogP contribution in [0.25, 0.3) is 11.1 Å². The number of rotatable bonds is 2. The standard InChI is InChI=1S/C12H12N2/c1-2-12-11(8-13-9-14-12)10-6-4-3-5-7-10/h3-9H,2H2,1H3. The fraction of sp³-hybridized carbons (Fsp3) is 0.167. The molecule has 0 aliphatic carbocycles. The lowest BCUT2D eigenvalue weighted by Gasteiger charge is -2.04. The third-order valence-electron chi connectivity index (χ3n) is 2.21. The highest BCUT2D eigenvalue weighted by atomic mass is 14.8. The van der Waals surface area contributed by atoms with Gasteiger partial charge in [0.15, 0.2) is 0 Å². The van der Waals surface area contributed by atoms with Crippen LogP contribution in [-0.2, 0) is 6.42 Å². The summed E-state index contributed by atoms with van der Waals surface area (Å²) < 4.78 is 0. The molecule has 0 saturated carbocycles. The molecular formula is C12H12N2. The van der Waals surface area contributed by atoms with E-state index in [2.05, 4.69) is 29.0 Å². The quantitative estimate of drug-likeness (QED) is 0.717. The molecule has 0 amide bonds. The second-order valence-electron chi connectivity index (χ2n) is 3.10. The number of aromatic nitrogens is 2. The maximum Gasteiger partial charge on any atom is 0.115 e. The van der Waals surface area contributed by atoms with E-state index in [1.807, 2.05) is 24.4 Å². The normalized spacial score (nSPS) is 10.1. The molecule has 2 nitrogen and oxygen atoms in total. The molecule has 0 fully saturated rings. The minimum Gasteiger partial charge on any atom is -0.244 e. The molecule has 0 aliphatic heterocycles. The molecule has 0 atom stereocenters. The van der Waals surface area contributed by atoms with Crippen molar-refractivity contribution in [2.24, 2.45) is 0 Å². The van der Waals surface area contributed by atoms with Gasteiger partial charge in [-0.1, -0.05) is 37.3 Å². The van der Waals surface area contributed by atoms with Crippen molar-refractivity contribution in [2.75, 3.05) is 0 Å². The maximum absolute atomic E-state index is 4.26. The van der Waals surface area contributed by atoms with Gasteiger partial charge < -0.3 is 0 Å². The van der Waals surface area contributed by atoms with Crippen molar-refractivity contribution in [1.82, 2.24) is 9.97 Å². The Morgan fingerprint density at radius 2 is 1.93 bits per heavy atom. The van der Waals surface area contributed by atoms with E-state index in [0.717, 1.165) is 17.7 Å². The third-order valence-corrected chi connectivity index (χ3v) is 2.21. The Balaban J connectivity index is 2.51. The minimum absolute atomic E-state index is 0.937. The van der Waals surface area contributed by atoms with E-state index in [-0.39, 0.29) is 0 Å². The number of hydrogen-bond donors (Lipinski definition) is 0. The summed E-state index contributed by atoms with van der Waals surface area (Å²) in [6.07, 6.45) is 4.42. The molecule has 1 aromatic heterocycles. The number of benzene rings is 1. The van der Waals surface area contributed by atoms with Crippen molar-refractivity contribution in [3.8, 4) is 11.1 Å². The summed E-state index contributed by atoms with van der Waals surface area (Å²) in [7, 11) is 0. The van der Waals surface area contributed by atoms with Gasteiger partial charge in [-0.3, -0.25) is 0 Å². The van der Waals surface area contributed by atoms with E-state index >= 15 is 0 Å². The van der Waals surface area contributed by atoms with Crippen LogP contribution >= 0.6 is 0 Å². The van der Waals surface area contributed by atoms with Crippen LogP contribution in [0.4, 0.5) is 0 Å². The largest absolute Gasteiger partial charge is 0.244 e. The lowest BCUT2D eigenvalue weighted by Crippen LogP contribution is -1.92. The van der Waals surface area contributed by atoms with Crippen LogP contribution < -0.4 is 0 Å². The van der Waals surface area contributed by atoms with Crippen LogP contribution in [0.15, 0.2) is 42.9 Å². The van der Waals surface area contributed by atoms with Gasteiger partial charge in [-0.2, -0.15) is 0 Å². The van der Waals surface area contributed by atoms with Gasteiger partial charge in [0.05, 0.1) is 5.69 Å². The molecular weight excluding hydrogens is 172 g/mol. The first-order chi connectivity index (χ1) is 6.92. The Hall–Kier alpha value is -1.70. The number of hydrogen-bond acceptors (Lipinski definition) is 2. The van der Waals surface area contributed by atoms with E-state index in [0.29, 0.717) is 0 Å². The summed E-state index contributed by atoms with van der Waals surface area (Å²) in [4.78, 5) is 8.32. The van der Waals surface area contributed by atoms with E-state index in [9.17, 15) is 0 Å². The Morgan fingerprint density at radius 1 is 1.14 bits per heavy atom. The van der Waals surface area contributed by atoms with Gasteiger partial charge in [0, 0.05) is 11.8 Å². The van der Waals surface area contributed by atoms with Crippen molar-refractivity contribution >= 4 is 0 Å². The highest BCUT2D eigenvalue weighted by molar-refractivity contribution is 5.64. The Labute approximate surface area is 83.7 Å². The second kappa shape index (κ2) is 4.01. The predicted octanol–water partition coefficient (Wildman–Crippen LogP) is 2.71. The van der Waals surface area contributed by atoms with Gasteiger partial charge in [0.1, 0.15) is 6.33 Å². The van der Waals surface area contributed by atoms with E-state index < -0.39 is 0 Å². The van der Waals surface area contributed by atoms with Crippen LogP contribution in [0.2, 0.25) is 0 Å². The summed E-state index contributed by atoms with van der Waals surface area (Å²) >= 11 is 0. The highest BCUT2D eigenvalue weighted by Crippen LogP contribution is 2.20. The zero-order chi connectivity index (χ0) is 9.80. The van der Waals surface area contributed by atoms with Crippen molar-refractivity contribution in [2.45, 2.75) is 13.3 Å². The molecule has 1 aromatic carbocycles. The van der Waals surface area contributed by atoms with Crippen LogP contribution in [0.1, 0.15) is 12.6 Å². The molecule has 1 heterocycles. The van der Waals surface area contributed by atoms with E-state index in [1.165, 1.54) is 5.56 Å². The molecule has 0 unspecified atom stereocenters.